The molecule has 1 saturated heterocycles. The van der Waals surface area contributed by atoms with Crippen molar-refractivity contribution in [1.82, 2.24) is 14.5 Å². The minimum Gasteiger partial charge on any atom is -0.353 e. The molecule has 8 nitrogen and oxygen atoms in total. The van der Waals surface area contributed by atoms with Crippen LogP contribution in [0, 0.1) is 5.41 Å². The molecule has 1 aromatic carbocycles. The molecule has 4 rings (SSSR count). The minimum atomic E-state index is -3.57. The first-order valence-electron chi connectivity index (χ1n) is 10.1. The van der Waals surface area contributed by atoms with Crippen molar-refractivity contribution < 1.29 is 13.2 Å². The zero-order valence-corrected chi connectivity index (χ0v) is 19.5. The van der Waals surface area contributed by atoms with Crippen LogP contribution in [0.15, 0.2) is 40.7 Å². The van der Waals surface area contributed by atoms with E-state index in [4.69, 9.17) is 4.99 Å². The Morgan fingerprint density at radius 1 is 1.19 bits per heavy atom. The summed E-state index contributed by atoms with van der Waals surface area (Å²) in [5.41, 5.74) is 2.21. The lowest BCUT2D eigenvalue weighted by atomic mass is 9.91. The number of thiophene rings is 1. The van der Waals surface area contributed by atoms with Crippen LogP contribution in [-0.2, 0) is 14.8 Å². The number of hydrogen-bond donors (Lipinski definition) is 2. The maximum Gasteiger partial charge on any atom is 0.240 e. The van der Waals surface area contributed by atoms with E-state index in [9.17, 15) is 13.2 Å². The summed E-state index contributed by atoms with van der Waals surface area (Å²) in [5.74, 6) is 0.485. The molecule has 0 radical (unpaired) electrons. The fraction of sp³-hybridized carbons (Fsp3) is 0.429. The van der Waals surface area contributed by atoms with Crippen LogP contribution < -0.4 is 10.0 Å². The van der Waals surface area contributed by atoms with Crippen LogP contribution in [-0.4, -0.2) is 68.9 Å². The Kier molecular flexibility index (Phi) is 5.80. The summed E-state index contributed by atoms with van der Waals surface area (Å²) in [4.78, 5) is 21.9. The highest BCUT2D eigenvalue weighted by Gasteiger charge is 2.34. The van der Waals surface area contributed by atoms with Gasteiger partial charge in [0, 0.05) is 32.7 Å². The van der Waals surface area contributed by atoms with E-state index in [1.54, 1.807) is 25.2 Å². The van der Waals surface area contributed by atoms with Gasteiger partial charge in [0.25, 0.3) is 0 Å². The summed E-state index contributed by atoms with van der Waals surface area (Å²) in [6, 6.07) is 10.1. The third kappa shape index (κ3) is 4.91. The van der Waals surface area contributed by atoms with Gasteiger partial charge >= 0.3 is 0 Å². The molecular formula is C21H27N5O3S2. The molecule has 0 saturated carbocycles. The first-order valence-corrected chi connectivity index (χ1v) is 12.9. The molecule has 31 heavy (non-hydrogen) atoms. The van der Waals surface area contributed by atoms with E-state index in [2.05, 4.69) is 31.3 Å². The molecule has 0 unspecified atom stereocenters. The van der Waals surface area contributed by atoms with E-state index in [0.29, 0.717) is 6.54 Å². The maximum absolute atomic E-state index is 12.4. The molecule has 0 atom stereocenters. The van der Waals surface area contributed by atoms with Gasteiger partial charge in [0.1, 0.15) is 10.8 Å². The highest BCUT2D eigenvalue weighted by atomic mass is 32.2. The van der Waals surface area contributed by atoms with E-state index < -0.39 is 21.3 Å². The predicted molar refractivity (Wildman–Crippen MR) is 125 cm³/mol. The van der Waals surface area contributed by atoms with Gasteiger partial charge in [-0.15, -0.1) is 11.3 Å². The van der Waals surface area contributed by atoms with Crippen molar-refractivity contribution in [2.45, 2.75) is 13.8 Å². The zero-order chi connectivity index (χ0) is 22.2. The molecule has 3 heterocycles. The number of anilines is 2. The van der Waals surface area contributed by atoms with E-state index in [-0.39, 0.29) is 0 Å². The molecule has 2 N–H and O–H groups in total. The number of hydrogen-bond acceptors (Lipinski definition) is 8. The number of para-hydroxylation sites is 2. The van der Waals surface area contributed by atoms with Crippen molar-refractivity contribution in [3.8, 4) is 0 Å². The first kappa shape index (κ1) is 21.8. The standard InChI is InChI=1S/C21H27N5O3S2/c1-21(2,20(27)24-31(3,28)29)14-25-9-11-26(12-10-25)18-15-8-13-30-19(15)23-17-7-5-4-6-16(17)22-18/h4-8,13,23H,9-12,14H2,1-3H3,(H,24,27). The summed E-state index contributed by atoms with van der Waals surface area (Å²) in [5, 5.41) is 6.65. The lowest BCUT2D eigenvalue weighted by molar-refractivity contribution is -0.128. The Balaban J connectivity index is 1.47. The number of benzene rings is 1. The van der Waals surface area contributed by atoms with Crippen LogP contribution in [0.25, 0.3) is 0 Å². The summed E-state index contributed by atoms with van der Waals surface area (Å²) in [6.07, 6.45) is 0.999. The lowest BCUT2D eigenvalue weighted by Crippen LogP contribution is -2.53. The van der Waals surface area contributed by atoms with Crippen LogP contribution in [0.3, 0.4) is 0 Å². The molecule has 0 aliphatic carbocycles. The topological polar surface area (TPSA) is 94.1 Å². The van der Waals surface area contributed by atoms with Gasteiger partial charge in [-0.2, -0.15) is 0 Å². The average Bonchev–Trinajstić information content (AvgIpc) is 3.08. The van der Waals surface area contributed by atoms with Gasteiger partial charge in [0.2, 0.25) is 15.9 Å². The van der Waals surface area contributed by atoms with Crippen LogP contribution in [0.2, 0.25) is 0 Å². The molecular weight excluding hydrogens is 434 g/mol. The Hall–Kier alpha value is -2.43. The number of sulfonamides is 1. The number of rotatable bonds is 4. The van der Waals surface area contributed by atoms with Gasteiger partial charge in [-0.3, -0.25) is 14.4 Å². The molecule has 1 fully saturated rings. The van der Waals surface area contributed by atoms with Crippen molar-refractivity contribution in [3.63, 3.8) is 0 Å². The zero-order valence-electron chi connectivity index (χ0n) is 17.9. The Bertz CT molecular complexity index is 1120. The van der Waals surface area contributed by atoms with Gasteiger partial charge in [0.05, 0.1) is 28.6 Å². The monoisotopic (exact) mass is 461 g/mol. The molecule has 1 aromatic heterocycles. The Labute approximate surface area is 187 Å². The highest BCUT2D eigenvalue weighted by Crippen LogP contribution is 2.37. The number of amides is 1. The van der Waals surface area contributed by atoms with E-state index >= 15 is 0 Å². The maximum atomic E-state index is 12.4. The SMILES string of the molecule is CC(C)(CN1CCN(C2=Nc3ccccc3Nc3sccc32)CC1)C(=O)NS(C)(=O)=O. The Morgan fingerprint density at radius 3 is 2.61 bits per heavy atom. The second-order valence-electron chi connectivity index (χ2n) is 8.59. The summed E-state index contributed by atoms with van der Waals surface area (Å²) in [7, 11) is -3.57. The Morgan fingerprint density at radius 2 is 1.90 bits per heavy atom. The van der Waals surface area contributed by atoms with E-state index in [1.807, 2.05) is 24.3 Å². The van der Waals surface area contributed by atoms with Gasteiger partial charge in [-0.05, 0) is 37.4 Å². The molecule has 1 amide bonds. The largest absolute Gasteiger partial charge is 0.353 e. The number of amidine groups is 1. The molecule has 0 bridgehead atoms. The second kappa shape index (κ2) is 8.25. The van der Waals surface area contributed by atoms with Crippen molar-refractivity contribution in [3.05, 3.63) is 41.3 Å². The second-order valence-corrected chi connectivity index (χ2v) is 11.3. The average molecular weight is 462 g/mol. The van der Waals surface area contributed by atoms with Crippen molar-refractivity contribution in [1.29, 1.82) is 0 Å². The van der Waals surface area contributed by atoms with Crippen LogP contribution in [0.4, 0.5) is 16.4 Å². The predicted octanol–water partition coefficient (Wildman–Crippen LogP) is 2.60. The fourth-order valence-corrected chi connectivity index (χ4v) is 5.26. The minimum absolute atomic E-state index is 0.476. The third-order valence-corrected chi connectivity index (χ3v) is 6.85. The normalized spacial score (nSPS) is 17.1. The van der Waals surface area contributed by atoms with E-state index in [1.165, 1.54) is 0 Å². The van der Waals surface area contributed by atoms with Crippen molar-refractivity contribution in [2.24, 2.45) is 10.4 Å². The smallest absolute Gasteiger partial charge is 0.240 e. The molecule has 10 heteroatoms. The fourth-order valence-electron chi connectivity index (χ4n) is 3.85. The molecule has 2 aromatic rings. The molecule has 2 aliphatic rings. The molecule has 0 spiro atoms. The third-order valence-electron chi connectivity index (χ3n) is 5.47. The van der Waals surface area contributed by atoms with Gasteiger partial charge in [-0.25, -0.2) is 13.4 Å². The summed E-state index contributed by atoms with van der Waals surface area (Å²) < 4.78 is 25.0. The van der Waals surface area contributed by atoms with E-state index in [0.717, 1.165) is 60.2 Å². The quantitative estimate of drug-likeness (QED) is 0.727. The van der Waals surface area contributed by atoms with Crippen LogP contribution >= 0.6 is 11.3 Å². The van der Waals surface area contributed by atoms with Gasteiger partial charge in [0.15, 0.2) is 0 Å². The number of piperazine rings is 1. The van der Waals surface area contributed by atoms with Crippen molar-refractivity contribution >= 4 is 49.5 Å². The number of nitrogens with zero attached hydrogens (tertiary/aromatic N) is 3. The summed E-state index contributed by atoms with van der Waals surface area (Å²) >= 11 is 1.66. The molecule has 2 aliphatic heterocycles. The lowest BCUT2D eigenvalue weighted by Gasteiger charge is -2.39. The van der Waals surface area contributed by atoms with Gasteiger partial charge in [-0.1, -0.05) is 12.1 Å². The number of aliphatic imine (C=N–C) groups is 1. The summed E-state index contributed by atoms with van der Waals surface area (Å²) in [6.45, 7) is 7.13. The van der Waals surface area contributed by atoms with Crippen LogP contribution in [0.1, 0.15) is 19.4 Å². The number of fused-ring (bicyclic) bond motifs is 2. The number of nitrogens with one attached hydrogen (secondary N) is 2. The number of carbonyl (C=O) groups excluding carboxylic acids is 1. The van der Waals surface area contributed by atoms with Crippen molar-refractivity contribution in [2.75, 3.05) is 44.3 Å². The van der Waals surface area contributed by atoms with Gasteiger partial charge < -0.3 is 10.2 Å². The number of carbonyl (C=O) groups is 1. The highest BCUT2D eigenvalue weighted by molar-refractivity contribution is 7.89. The van der Waals surface area contributed by atoms with Crippen LogP contribution in [0.5, 0.6) is 0 Å². The first-order chi connectivity index (χ1) is 14.6. The molecule has 166 valence electrons.